The van der Waals surface area contributed by atoms with E-state index in [0.717, 1.165) is 28.2 Å². The van der Waals surface area contributed by atoms with Crippen LogP contribution in [0, 0.1) is 27.7 Å². The summed E-state index contributed by atoms with van der Waals surface area (Å²) in [5.41, 5.74) is 4.25. The average molecular weight is 381 g/mol. The van der Waals surface area contributed by atoms with Crippen LogP contribution >= 0.6 is 11.8 Å². The number of carbonyl (C=O) groups is 1. The summed E-state index contributed by atoms with van der Waals surface area (Å²) in [7, 11) is 0. The third-order valence-corrected chi connectivity index (χ3v) is 5.86. The van der Waals surface area contributed by atoms with Crippen LogP contribution in [0.5, 0.6) is 0 Å². The summed E-state index contributed by atoms with van der Waals surface area (Å²) in [6.45, 7) is 9.94. The number of amides is 1. The fraction of sp³-hybridized carbons (Fsp3) is 0.350. The summed E-state index contributed by atoms with van der Waals surface area (Å²) in [6, 6.07) is 6.59. The molecule has 2 rings (SSSR count). The molecular weight excluding hydrogens is 359 g/mol. The summed E-state index contributed by atoms with van der Waals surface area (Å²) >= 11 is 1.47. The normalized spacial score (nSPS) is 12.8. The molecule has 0 aromatic heterocycles. The maximum Gasteiger partial charge on any atom is 0.416 e. The van der Waals surface area contributed by atoms with Crippen molar-refractivity contribution in [3.05, 3.63) is 58.1 Å². The van der Waals surface area contributed by atoms with Gasteiger partial charge in [0.05, 0.1) is 10.8 Å². The van der Waals surface area contributed by atoms with E-state index in [2.05, 4.69) is 11.4 Å². The second-order valence-corrected chi connectivity index (χ2v) is 7.76. The Hall–Kier alpha value is -1.95. The van der Waals surface area contributed by atoms with Gasteiger partial charge in [0.1, 0.15) is 0 Å². The van der Waals surface area contributed by atoms with E-state index >= 15 is 0 Å². The highest BCUT2D eigenvalue weighted by Gasteiger charge is 2.30. The highest BCUT2D eigenvalue weighted by molar-refractivity contribution is 8.00. The van der Waals surface area contributed by atoms with Crippen LogP contribution < -0.4 is 5.32 Å². The third kappa shape index (κ3) is 4.61. The van der Waals surface area contributed by atoms with E-state index in [9.17, 15) is 18.0 Å². The number of thioether (sulfide) groups is 1. The van der Waals surface area contributed by atoms with Gasteiger partial charge in [0.15, 0.2) is 0 Å². The van der Waals surface area contributed by atoms with Gasteiger partial charge in [-0.25, -0.2) is 0 Å². The van der Waals surface area contributed by atoms with E-state index in [0.29, 0.717) is 5.69 Å². The van der Waals surface area contributed by atoms with Gasteiger partial charge in [-0.05, 0) is 81.1 Å². The smallest absolute Gasteiger partial charge is 0.325 e. The lowest BCUT2D eigenvalue weighted by molar-refractivity contribution is -0.137. The van der Waals surface area contributed by atoms with E-state index in [1.165, 1.54) is 35.0 Å². The van der Waals surface area contributed by atoms with Crippen molar-refractivity contribution in [3.8, 4) is 0 Å². The Morgan fingerprint density at radius 3 is 1.96 bits per heavy atom. The van der Waals surface area contributed by atoms with Crippen molar-refractivity contribution in [1.29, 1.82) is 0 Å². The Morgan fingerprint density at radius 2 is 1.50 bits per heavy atom. The standard InChI is InChI=1S/C20H22F3NOS/c1-11-10-12(2)14(4)18(13(11)3)26-15(5)19(25)24-17-8-6-16(7-9-17)20(21,22)23/h6-10,15H,1-5H3,(H,24,25)/t15-/m1/s1. The number of hydrogen-bond donors (Lipinski definition) is 1. The minimum absolute atomic E-state index is 0.243. The average Bonchev–Trinajstić information content (AvgIpc) is 2.56. The number of carbonyl (C=O) groups excluding carboxylic acids is 1. The van der Waals surface area contributed by atoms with Gasteiger partial charge in [0.2, 0.25) is 5.91 Å². The van der Waals surface area contributed by atoms with Gasteiger partial charge in [-0.1, -0.05) is 6.07 Å². The molecule has 0 saturated carbocycles. The molecule has 2 aromatic carbocycles. The molecule has 0 aliphatic rings. The maximum absolute atomic E-state index is 12.6. The monoisotopic (exact) mass is 381 g/mol. The highest BCUT2D eigenvalue weighted by atomic mass is 32.2. The first-order chi connectivity index (χ1) is 12.0. The molecule has 0 bridgehead atoms. The van der Waals surface area contributed by atoms with E-state index in [4.69, 9.17) is 0 Å². The number of nitrogens with one attached hydrogen (secondary N) is 1. The van der Waals surface area contributed by atoms with Crippen LogP contribution in [0.4, 0.5) is 18.9 Å². The minimum Gasteiger partial charge on any atom is -0.325 e. The van der Waals surface area contributed by atoms with Crippen molar-refractivity contribution in [2.75, 3.05) is 5.32 Å². The van der Waals surface area contributed by atoms with E-state index in [1.54, 1.807) is 6.92 Å². The Labute approximate surface area is 156 Å². The van der Waals surface area contributed by atoms with Gasteiger partial charge in [-0.15, -0.1) is 11.8 Å². The van der Waals surface area contributed by atoms with Gasteiger partial charge >= 0.3 is 6.18 Å². The second-order valence-electron chi connectivity index (χ2n) is 6.41. The van der Waals surface area contributed by atoms with Crippen LogP contribution in [0.1, 0.15) is 34.7 Å². The van der Waals surface area contributed by atoms with Gasteiger partial charge in [0.25, 0.3) is 0 Å². The van der Waals surface area contributed by atoms with Crippen molar-refractivity contribution < 1.29 is 18.0 Å². The molecule has 0 unspecified atom stereocenters. The molecule has 2 aromatic rings. The molecule has 0 radical (unpaired) electrons. The number of hydrogen-bond acceptors (Lipinski definition) is 2. The van der Waals surface area contributed by atoms with Gasteiger partial charge in [-0.3, -0.25) is 4.79 Å². The van der Waals surface area contributed by atoms with E-state index < -0.39 is 11.7 Å². The van der Waals surface area contributed by atoms with Crippen molar-refractivity contribution in [1.82, 2.24) is 0 Å². The molecule has 0 aliphatic carbocycles. The molecule has 26 heavy (non-hydrogen) atoms. The molecule has 140 valence electrons. The number of aryl methyl sites for hydroxylation is 2. The summed E-state index contributed by atoms with van der Waals surface area (Å²) < 4.78 is 37.8. The van der Waals surface area contributed by atoms with Crippen LogP contribution in [-0.4, -0.2) is 11.2 Å². The lowest BCUT2D eigenvalue weighted by Gasteiger charge is -2.18. The number of anilines is 1. The van der Waals surface area contributed by atoms with Crippen LogP contribution in [0.25, 0.3) is 0 Å². The molecule has 0 heterocycles. The Balaban J connectivity index is 2.11. The zero-order valence-corrected chi connectivity index (χ0v) is 16.2. The SMILES string of the molecule is Cc1cc(C)c(C)c(S[C@H](C)C(=O)Nc2ccc(C(F)(F)F)cc2)c1C. The lowest BCUT2D eigenvalue weighted by atomic mass is 10.0. The largest absolute Gasteiger partial charge is 0.416 e. The first-order valence-electron chi connectivity index (χ1n) is 8.23. The molecule has 0 saturated heterocycles. The van der Waals surface area contributed by atoms with E-state index in [-0.39, 0.29) is 11.2 Å². The first kappa shape index (κ1) is 20.4. The third-order valence-electron chi connectivity index (χ3n) is 4.44. The molecule has 0 spiro atoms. The lowest BCUT2D eigenvalue weighted by Crippen LogP contribution is -2.22. The van der Waals surface area contributed by atoms with Crippen molar-refractivity contribution in [2.24, 2.45) is 0 Å². The predicted octanol–water partition coefficient (Wildman–Crippen LogP) is 6.06. The quantitative estimate of drug-likeness (QED) is 0.653. The first-order valence-corrected chi connectivity index (χ1v) is 9.11. The van der Waals surface area contributed by atoms with Gasteiger partial charge in [0, 0.05) is 10.6 Å². The fourth-order valence-electron chi connectivity index (χ4n) is 2.57. The highest BCUT2D eigenvalue weighted by Crippen LogP contribution is 2.34. The van der Waals surface area contributed by atoms with E-state index in [1.807, 2.05) is 27.7 Å². The molecule has 0 aliphatic heterocycles. The summed E-state index contributed by atoms with van der Waals surface area (Å²) in [5.74, 6) is -0.243. The van der Waals surface area contributed by atoms with Crippen molar-refractivity contribution in [2.45, 2.75) is 50.9 Å². The Kier molecular flexibility index (Phi) is 6.06. The number of rotatable bonds is 4. The molecule has 1 atom stereocenters. The maximum atomic E-state index is 12.6. The Bertz CT molecular complexity index is 787. The zero-order valence-electron chi connectivity index (χ0n) is 15.4. The summed E-state index contributed by atoms with van der Waals surface area (Å²) in [4.78, 5) is 13.5. The van der Waals surface area contributed by atoms with Gasteiger partial charge in [-0.2, -0.15) is 13.2 Å². The molecular formula is C20H22F3NOS. The molecule has 2 nitrogen and oxygen atoms in total. The van der Waals surface area contributed by atoms with Crippen LogP contribution in [0.15, 0.2) is 35.2 Å². The molecule has 0 fully saturated rings. The molecule has 1 amide bonds. The summed E-state index contributed by atoms with van der Waals surface area (Å²) in [6.07, 6.45) is -4.39. The predicted molar refractivity (Wildman–Crippen MR) is 101 cm³/mol. The molecule has 6 heteroatoms. The van der Waals surface area contributed by atoms with Crippen molar-refractivity contribution >= 4 is 23.4 Å². The number of halogens is 3. The summed E-state index contributed by atoms with van der Waals surface area (Å²) in [5, 5.41) is 2.30. The topological polar surface area (TPSA) is 29.1 Å². The minimum atomic E-state index is -4.39. The number of alkyl halides is 3. The zero-order chi connectivity index (χ0) is 19.6. The Morgan fingerprint density at radius 1 is 1.00 bits per heavy atom. The van der Waals surface area contributed by atoms with Crippen LogP contribution in [0.3, 0.4) is 0 Å². The molecule has 1 N–H and O–H groups in total. The van der Waals surface area contributed by atoms with Crippen molar-refractivity contribution in [3.63, 3.8) is 0 Å². The van der Waals surface area contributed by atoms with Crippen LogP contribution in [-0.2, 0) is 11.0 Å². The van der Waals surface area contributed by atoms with Crippen LogP contribution in [0.2, 0.25) is 0 Å². The fourth-order valence-corrected chi connectivity index (χ4v) is 3.77. The second kappa shape index (κ2) is 7.74. The van der Waals surface area contributed by atoms with Gasteiger partial charge < -0.3 is 5.32 Å². The number of benzene rings is 2.